The Hall–Kier alpha value is -1.35. The fraction of sp³-hybridized carbons (Fsp3) is 0.588. The van der Waals surface area contributed by atoms with Crippen LogP contribution in [-0.2, 0) is 11.2 Å². The highest BCUT2D eigenvalue weighted by molar-refractivity contribution is 5.79. The van der Waals surface area contributed by atoms with Crippen molar-refractivity contribution in [1.29, 1.82) is 0 Å². The molecule has 0 heterocycles. The molecule has 0 aromatic heterocycles. The van der Waals surface area contributed by atoms with Crippen molar-refractivity contribution in [2.75, 3.05) is 13.1 Å². The minimum absolute atomic E-state index is 0.0481. The Kier molecular flexibility index (Phi) is 7.97. The van der Waals surface area contributed by atoms with Crippen LogP contribution in [-0.4, -0.2) is 19.0 Å². The molecule has 0 saturated heterocycles. The summed E-state index contributed by atoms with van der Waals surface area (Å²) >= 11 is 0. The SMILES string of the molecule is CC(C)[C@@H](Cc1ccccc1)C(=O)NCCCCCN. The smallest absolute Gasteiger partial charge is 0.223 e. The molecule has 0 aliphatic rings. The van der Waals surface area contributed by atoms with Gasteiger partial charge >= 0.3 is 0 Å². The van der Waals surface area contributed by atoms with Crippen LogP contribution in [0.5, 0.6) is 0 Å². The molecule has 0 saturated carbocycles. The summed E-state index contributed by atoms with van der Waals surface area (Å²) in [6, 6.07) is 10.2. The summed E-state index contributed by atoms with van der Waals surface area (Å²) in [5, 5.41) is 3.06. The van der Waals surface area contributed by atoms with E-state index in [0.29, 0.717) is 5.92 Å². The van der Waals surface area contributed by atoms with Crippen LogP contribution in [0.3, 0.4) is 0 Å². The second-order valence-electron chi connectivity index (χ2n) is 5.68. The Morgan fingerprint density at radius 2 is 1.85 bits per heavy atom. The molecular weight excluding hydrogens is 248 g/mol. The van der Waals surface area contributed by atoms with Crippen molar-refractivity contribution in [2.45, 2.75) is 39.5 Å². The number of nitrogens with two attached hydrogens (primary N) is 1. The zero-order valence-electron chi connectivity index (χ0n) is 12.8. The van der Waals surface area contributed by atoms with Gasteiger partial charge in [-0.25, -0.2) is 0 Å². The summed E-state index contributed by atoms with van der Waals surface area (Å²) in [5.74, 6) is 0.572. The van der Waals surface area contributed by atoms with Gasteiger partial charge in [-0.05, 0) is 37.3 Å². The first-order chi connectivity index (χ1) is 9.65. The van der Waals surface area contributed by atoms with Crippen LogP contribution in [0.25, 0.3) is 0 Å². The lowest BCUT2D eigenvalue weighted by Crippen LogP contribution is -2.35. The lowest BCUT2D eigenvalue weighted by molar-refractivity contribution is -0.126. The van der Waals surface area contributed by atoms with E-state index < -0.39 is 0 Å². The second kappa shape index (κ2) is 9.54. The molecule has 0 spiro atoms. The molecule has 112 valence electrons. The topological polar surface area (TPSA) is 55.1 Å². The average molecular weight is 276 g/mol. The molecule has 0 aliphatic heterocycles. The Morgan fingerprint density at radius 3 is 2.45 bits per heavy atom. The Balaban J connectivity index is 2.43. The van der Waals surface area contributed by atoms with Crippen LogP contribution in [0, 0.1) is 11.8 Å². The van der Waals surface area contributed by atoms with Crippen molar-refractivity contribution in [3.05, 3.63) is 35.9 Å². The monoisotopic (exact) mass is 276 g/mol. The standard InChI is InChI=1S/C17H28N2O/c1-14(2)16(13-15-9-5-3-6-10-15)17(20)19-12-8-4-7-11-18/h3,5-6,9-10,14,16H,4,7-8,11-13,18H2,1-2H3,(H,19,20)/t16-/m1/s1. The predicted octanol–water partition coefficient (Wildman–Crippen LogP) is 2.75. The predicted molar refractivity (Wildman–Crippen MR) is 84.4 cm³/mol. The molecular formula is C17H28N2O. The third kappa shape index (κ3) is 6.20. The van der Waals surface area contributed by atoms with Gasteiger partial charge in [0, 0.05) is 12.5 Å². The summed E-state index contributed by atoms with van der Waals surface area (Å²) in [7, 11) is 0. The fourth-order valence-electron chi connectivity index (χ4n) is 2.29. The van der Waals surface area contributed by atoms with E-state index in [4.69, 9.17) is 5.73 Å². The van der Waals surface area contributed by atoms with Crippen LogP contribution >= 0.6 is 0 Å². The van der Waals surface area contributed by atoms with Crippen LogP contribution in [0.1, 0.15) is 38.7 Å². The van der Waals surface area contributed by atoms with E-state index in [9.17, 15) is 4.79 Å². The zero-order chi connectivity index (χ0) is 14.8. The fourth-order valence-corrected chi connectivity index (χ4v) is 2.29. The van der Waals surface area contributed by atoms with Crippen LogP contribution in [0.15, 0.2) is 30.3 Å². The first-order valence-electron chi connectivity index (χ1n) is 7.67. The lowest BCUT2D eigenvalue weighted by atomic mass is 9.88. The molecule has 0 fully saturated rings. The van der Waals surface area contributed by atoms with Gasteiger partial charge in [-0.2, -0.15) is 0 Å². The maximum atomic E-state index is 12.3. The van der Waals surface area contributed by atoms with Gasteiger partial charge in [0.05, 0.1) is 0 Å². The molecule has 3 heteroatoms. The quantitative estimate of drug-likeness (QED) is 0.681. The van der Waals surface area contributed by atoms with Gasteiger partial charge in [-0.3, -0.25) is 4.79 Å². The normalized spacial score (nSPS) is 12.4. The molecule has 3 N–H and O–H groups in total. The number of carbonyl (C=O) groups is 1. The highest BCUT2D eigenvalue weighted by Crippen LogP contribution is 2.17. The Morgan fingerprint density at radius 1 is 1.15 bits per heavy atom. The van der Waals surface area contributed by atoms with Gasteiger partial charge in [-0.1, -0.05) is 50.6 Å². The van der Waals surface area contributed by atoms with Crippen LogP contribution < -0.4 is 11.1 Å². The third-order valence-electron chi connectivity index (χ3n) is 3.62. The molecule has 0 radical (unpaired) electrons. The largest absolute Gasteiger partial charge is 0.356 e. The summed E-state index contributed by atoms with van der Waals surface area (Å²) in [6.45, 7) is 5.72. The summed E-state index contributed by atoms with van der Waals surface area (Å²) in [4.78, 5) is 12.3. The zero-order valence-corrected chi connectivity index (χ0v) is 12.8. The van der Waals surface area contributed by atoms with E-state index in [1.807, 2.05) is 18.2 Å². The average Bonchev–Trinajstić information content (AvgIpc) is 2.45. The Bertz CT molecular complexity index is 376. The van der Waals surface area contributed by atoms with E-state index in [1.165, 1.54) is 5.56 Å². The van der Waals surface area contributed by atoms with Crippen molar-refractivity contribution in [2.24, 2.45) is 17.6 Å². The molecule has 1 aromatic rings. The van der Waals surface area contributed by atoms with Crippen molar-refractivity contribution in [1.82, 2.24) is 5.32 Å². The molecule has 3 nitrogen and oxygen atoms in total. The summed E-state index contributed by atoms with van der Waals surface area (Å²) in [5.41, 5.74) is 6.68. The highest BCUT2D eigenvalue weighted by Gasteiger charge is 2.21. The van der Waals surface area contributed by atoms with E-state index in [2.05, 4.69) is 31.3 Å². The number of unbranched alkanes of at least 4 members (excludes halogenated alkanes) is 2. The first kappa shape index (κ1) is 16.7. The summed E-state index contributed by atoms with van der Waals surface area (Å²) in [6.07, 6.45) is 3.95. The van der Waals surface area contributed by atoms with Gasteiger partial charge in [0.25, 0.3) is 0 Å². The van der Waals surface area contributed by atoms with Gasteiger partial charge < -0.3 is 11.1 Å². The molecule has 20 heavy (non-hydrogen) atoms. The van der Waals surface area contributed by atoms with Gasteiger partial charge in [-0.15, -0.1) is 0 Å². The van der Waals surface area contributed by atoms with E-state index >= 15 is 0 Å². The number of hydrogen-bond acceptors (Lipinski definition) is 2. The highest BCUT2D eigenvalue weighted by atomic mass is 16.1. The molecule has 1 aromatic carbocycles. The maximum absolute atomic E-state index is 12.3. The molecule has 1 amide bonds. The second-order valence-corrected chi connectivity index (χ2v) is 5.68. The molecule has 1 atom stereocenters. The van der Waals surface area contributed by atoms with Crippen LogP contribution in [0.2, 0.25) is 0 Å². The minimum atomic E-state index is 0.0481. The summed E-state index contributed by atoms with van der Waals surface area (Å²) < 4.78 is 0. The Labute approximate surface area is 122 Å². The van der Waals surface area contributed by atoms with Crippen LogP contribution in [0.4, 0.5) is 0 Å². The van der Waals surface area contributed by atoms with Crippen molar-refractivity contribution >= 4 is 5.91 Å². The number of carbonyl (C=O) groups excluding carboxylic acids is 1. The van der Waals surface area contributed by atoms with Crippen molar-refractivity contribution < 1.29 is 4.79 Å². The number of hydrogen-bond donors (Lipinski definition) is 2. The van der Waals surface area contributed by atoms with Gasteiger partial charge in [0.1, 0.15) is 0 Å². The maximum Gasteiger partial charge on any atom is 0.223 e. The first-order valence-corrected chi connectivity index (χ1v) is 7.67. The number of amides is 1. The van der Waals surface area contributed by atoms with Gasteiger partial charge in [0.15, 0.2) is 0 Å². The number of nitrogens with one attached hydrogen (secondary N) is 1. The van der Waals surface area contributed by atoms with E-state index in [-0.39, 0.29) is 11.8 Å². The molecule has 0 bridgehead atoms. The van der Waals surface area contributed by atoms with Crippen molar-refractivity contribution in [3.8, 4) is 0 Å². The van der Waals surface area contributed by atoms with Crippen molar-refractivity contribution in [3.63, 3.8) is 0 Å². The molecule has 0 aliphatic carbocycles. The lowest BCUT2D eigenvalue weighted by Gasteiger charge is -2.20. The number of rotatable bonds is 9. The van der Waals surface area contributed by atoms with E-state index in [1.54, 1.807) is 0 Å². The minimum Gasteiger partial charge on any atom is -0.356 e. The molecule has 0 unspecified atom stereocenters. The van der Waals surface area contributed by atoms with Gasteiger partial charge in [0.2, 0.25) is 5.91 Å². The van der Waals surface area contributed by atoms with E-state index in [0.717, 1.165) is 38.8 Å². The number of benzene rings is 1. The third-order valence-corrected chi connectivity index (χ3v) is 3.62. The molecule has 1 rings (SSSR count).